The van der Waals surface area contributed by atoms with Crippen LogP contribution in [0.4, 0.5) is 0 Å². The number of hydrogen-bond donors (Lipinski definition) is 0. The lowest BCUT2D eigenvalue weighted by atomic mass is 10.1. The summed E-state index contributed by atoms with van der Waals surface area (Å²) < 4.78 is 5.08. The molecule has 0 spiro atoms. The molecule has 0 N–H and O–H groups in total. The van der Waals surface area contributed by atoms with Crippen molar-refractivity contribution in [2.45, 2.75) is 12.8 Å². The molecular weight excluding hydrogens is 160 g/mol. The Morgan fingerprint density at radius 2 is 2.09 bits per heavy atom. The molecule has 0 saturated heterocycles. The van der Waals surface area contributed by atoms with Crippen molar-refractivity contribution in [1.29, 1.82) is 0 Å². The van der Waals surface area contributed by atoms with Gasteiger partial charge in [-0.3, -0.25) is 0 Å². The lowest BCUT2D eigenvalue weighted by molar-refractivity contribution is 0.414. The first-order chi connectivity index (χ1) is 5.26. The van der Waals surface area contributed by atoms with Crippen LogP contribution in [0, 0.1) is 6.92 Å². The molecule has 11 heavy (non-hydrogen) atoms. The predicted molar refractivity (Wildman–Crippen MR) is 47.3 cm³/mol. The third-order valence-electron chi connectivity index (χ3n) is 1.50. The van der Waals surface area contributed by atoms with Crippen LogP contribution >= 0.6 is 11.6 Å². The van der Waals surface area contributed by atoms with E-state index < -0.39 is 0 Å². The fraction of sp³-hybridized carbons (Fsp3) is 0.333. The molecule has 0 aliphatic rings. The van der Waals surface area contributed by atoms with E-state index in [2.05, 4.69) is 6.07 Å². The minimum Gasteiger partial charge on any atom is -0.497 e. The maximum Gasteiger partial charge on any atom is 0.119 e. The van der Waals surface area contributed by atoms with E-state index in [0.717, 1.165) is 11.3 Å². The minimum absolute atomic E-state index is 0.540. The molecule has 0 amide bonds. The summed E-state index contributed by atoms with van der Waals surface area (Å²) in [4.78, 5) is 0. The van der Waals surface area contributed by atoms with E-state index >= 15 is 0 Å². The molecule has 0 saturated carbocycles. The highest BCUT2D eigenvalue weighted by Gasteiger charge is 1.96. The van der Waals surface area contributed by atoms with Gasteiger partial charge in [0.25, 0.3) is 0 Å². The summed E-state index contributed by atoms with van der Waals surface area (Å²) in [6, 6.07) is 5.98. The SMILES string of the molecule is COc1cc(C)cc(CCl)c1. The van der Waals surface area contributed by atoms with Gasteiger partial charge < -0.3 is 4.74 Å². The predicted octanol–water partition coefficient (Wildman–Crippen LogP) is 2.74. The van der Waals surface area contributed by atoms with E-state index in [1.165, 1.54) is 5.56 Å². The summed E-state index contributed by atoms with van der Waals surface area (Å²) in [5.41, 5.74) is 2.28. The van der Waals surface area contributed by atoms with Gasteiger partial charge in [0.15, 0.2) is 0 Å². The molecule has 2 heteroatoms. The Bertz CT molecular complexity index is 223. The van der Waals surface area contributed by atoms with Crippen LogP contribution < -0.4 is 4.74 Å². The molecule has 0 bridgehead atoms. The molecule has 1 nitrogen and oxygen atoms in total. The normalized spacial score (nSPS) is 9.73. The quantitative estimate of drug-likeness (QED) is 0.621. The molecule has 1 rings (SSSR count). The zero-order valence-electron chi connectivity index (χ0n) is 6.73. The summed E-state index contributed by atoms with van der Waals surface area (Å²) >= 11 is 5.67. The second-order valence-electron chi connectivity index (χ2n) is 2.49. The largest absolute Gasteiger partial charge is 0.497 e. The molecular formula is C9H11ClO. The average Bonchev–Trinajstić information content (AvgIpc) is 2.03. The zero-order valence-corrected chi connectivity index (χ0v) is 7.48. The molecule has 0 atom stereocenters. The number of benzene rings is 1. The van der Waals surface area contributed by atoms with Crippen LogP contribution in [0.15, 0.2) is 18.2 Å². The van der Waals surface area contributed by atoms with Crippen molar-refractivity contribution < 1.29 is 4.74 Å². The van der Waals surface area contributed by atoms with Gasteiger partial charge >= 0.3 is 0 Å². The highest BCUT2D eigenvalue weighted by Crippen LogP contribution is 2.17. The van der Waals surface area contributed by atoms with Crippen LogP contribution in [-0.2, 0) is 5.88 Å². The van der Waals surface area contributed by atoms with Crippen LogP contribution in [0.5, 0.6) is 5.75 Å². The molecule has 0 unspecified atom stereocenters. The van der Waals surface area contributed by atoms with Gasteiger partial charge in [-0.25, -0.2) is 0 Å². The lowest BCUT2D eigenvalue weighted by Gasteiger charge is -2.03. The fourth-order valence-electron chi connectivity index (χ4n) is 1.02. The number of hydrogen-bond acceptors (Lipinski definition) is 1. The van der Waals surface area contributed by atoms with Crippen molar-refractivity contribution in [3.8, 4) is 5.75 Å². The van der Waals surface area contributed by atoms with E-state index in [9.17, 15) is 0 Å². The van der Waals surface area contributed by atoms with Crippen molar-refractivity contribution in [2.24, 2.45) is 0 Å². The summed E-state index contributed by atoms with van der Waals surface area (Å²) in [6.07, 6.45) is 0. The van der Waals surface area contributed by atoms with Gasteiger partial charge in [-0.1, -0.05) is 6.07 Å². The fourth-order valence-corrected chi connectivity index (χ4v) is 1.17. The van der Waals surface area contributed by atoms with E-state index in [1.54, 1.807) is 7.11 Å². The lowest BCUT2D eigenvalue weighted by Crippen LogP contribution is -1.86. The number of methoxy groups -OCH3 is 1. The van der Waals surface area contributed by atoms with E-state index in [4.69, 9.17) is 16.3 Å². The van der Waals surface area contributed by atoms with Crippen molar-refractivity contribution in [3.63, 3.8) is 0 Å². The second-order valence-corrected chi connectivity index (χ2v) is 2.76. The van der Waals surface area contributed by atoms with Gasteiger partial charge in [-0.2, -0.15) is 0 Å². The van der Waals surface area contributed by atoms with Gasteiger partial charge in [-0.15, -0.1) is 11.6 Å². The van der Waals surface area contributed by atoms with Gasteiger partial charge in [-0.05, 0) is 30.2 Å². The van der Waals surface area contributed by atoms with Crippen molar-refractivity contribution in [2.75, 3.05) is 7.11 Å². The highest BCUT2D eigenvalue weighted by atomic mass is 35.5. The first kappa shape index (κ1) is 8.41. The van der Waals surface area contributed by atoms with Gasteiger partial charge in [0, 0.05) is 5.88 Å². The van der Waals surface area contributed by atoms with Crippen molar-refractivity contribution >= 4 is 11.6 Å². The highest BCUT2D eigenvalue weighted by molar-refractivity contribution is 6.17. The molecule has 0 heterocycles. The average molecular weight is 171 g/mol. The molecule has 0 radical (unpaired) electrons. The maximum atomic E-state index is 5.67. The first-order valence-electron chi connectivity index (χ1n) is 3.47. The Kier molecular flexibility index (Phi) is 2.77. The topological polar surface area (TPSA) is 9.23 Å². The third kappa shape index (κ3) is 2.12. The molecule has 1 aromatic carbocycles. The zero-order chi connectivity index (χ0) is 8.27. The number of ether oxygens (including phenoxy) is 1. The van der Waals surface area contributed by atoms with Crippen LogP contribution in [-0.4, -0.2) is 7.11 Å². The van der Waals surface area contributed by atoms with E-state index in [-0.39, 0.29) is 0 Å². The van der Waals surface area contributed by atoms with E-state index in [1.807, 2.05) is 19.1 Å². The Labute approximate surface area is 71.9 Å². The summed E-state index contributed by atoms with van der Waals surface area (Å²) in [5, 5.41) is 0. The first-order valence-corrected chi connectivity index (χ1v) is 4.00. The third-order valence-corrected chi connectivity index (χ3v) is 1.81. The van der Waals surface area contributed by atoms with Gasteiger partial charge in [0.2, 0.25) is 0 Å². The minimum atomic E-state index is 0.540. The summed E-state index contributed by atoms with van der Waals surface area (Å²) in [6.45, 7) is 2.03. The number of aryl methyl sites for hydroxylation is 1. The monoisotopic (exact) mass is 170 g/mol. The number of halogens is 1. The van der Waals surface area contributed by atoms with Crippen LogP contribution in [0.2, 0.25) is 0 Å². The van der Waals surface area contributed by atoms with Crippen molar-refractivity contribution in [3.05, 3.63) is 29.3 Å². The van der Waals surface area contributed by atoms with Crippen LogP contribution in [0.25, 0.3) is 0 Å². The standard InChI is InChI=1S/C9H11ClO/c1-7-3-8(6-10)5-9(4-7)11-2/h3-5H,6H2,1-2H3. The Morgan fingerprint density at radius 3 is 2.64 bits per heavy atom. The molecule has 0 fully saturated rings. The van der Waals surface area contributed by atoms with E-state index in [0.29, 0.717) is 5.88 Å². The Balaban J connectivity index is 3.02. The van der Waals surface area contributed by atoms with Gasteiger partial charge in [0.05, 0.1) is 7.11 Å². The maximum absolute atomic E-state index is 5.67. The molecule has 0 aliphatic heterocycles. The second kappa shape index (κ2) is 3.63. The summed E-state index contributed by atoms with van der Waals surface area (Å²) in [7, 11) is 1.66. The molecule has 1 aromatic rings. The van der Waals surface area contributed by atoms with Crippen LogP contribution in [0.3, 0.4) is 0 Å². The number of rotatable bonds is 2. The van der Waals surface area contributed by atoms with Crippen LogP contribution in [0.1, 0.15) is 11.1 Å². The summed E-state index contributed by atoms with van der Waals surface area (Å²) in [5.74, 6) is 1.42. The Hall–Kier alpha value is -0.690. The van der Waals surface area contributed by atoms with Gasteiger partial charge in [0.1, 0.15) is 5.75 Å². The number of alkyl halides is 1. The Morgan fingerprint density at radius 1 is 1.36 bits per heavy atom. The van der Waals surface area contributed by atoms with Crippen molar-refractivity contribution in [1.82, 2.24) is 0 Å². The smallest absolute Gasteiger partial charge is 0.119 e. The molecule has 0 aromatic heterocycles. The molecule has 0 aliphatic carbocycles. The molecule has 60 valence electrons.